The van der Waals surface area contributed by atoms with Crippen LogP contribution in [0.15, 0.2) is 0 Å². The lowest BCUT2D eigenvalue weighted by atomic mass is 9.75. The third-order valence-corrected chi connectivity index (χ3v) is 5.59. The lowest BCUT2D eigenvalue weighted by Crippen LogP contribution is -2.47. The summed E-state index contributed by atoms with van der Waals surface area (Å²) in [4.78, 5) is 38.0. The lowest BCUT2D eigenvalue weighted by Gasteiger charge is -2.33. The molecule has 1 aliphatic rings. The smallest absolute Gasteiger partial charge is 0.309 e. The molecule has 2 N–H and O–H groups in total. The minimum Gasteiger partial charge on any atom is -0.466 e. The molecule has 0 bridgehead atoms. The Morgan fingerprint density at radius 1 is 1.10 bits per heavy atom. The van der Waals surface area contributed by atoms with Crippen LogP contribution in [0.2, 0.25) is 0 Å². The van der Waals surface area contributed by atoms with Crippen molar-refractivity contribution in [3.8, 4) is 0 Å². The van der Waals surface area contributed by atoms with Crippen molar-refractivity contribution in [2.45, 2.75) is 104 Å². The van der Waals surface area contributed by atoms with Gasteiger partial charge in [0.25, 0.3) is 0 Å². The van der Waals surface area contributed by atoms with E-state index >= 15 is 0 Å². The van der Waals surface area contributed by atoms with Crippen LogP contribution >= 0.6 is 0 Å². The molecule has 0 saturated heterocycles. The molecule has 0 radical (unpaired) electrons. The normalized spacial score (nSPS) is 17.8. The third kappa shape index (κ3) is 8.62. The van der Waals surface area contributed by atoms with Gasteiger partial charge >= 0.3 is 11.9 Å². The highest BCUT2D eigenvalue weighted by Crippen LogP contribution is 2.45. The Labute approximate surface area is 181 Å². The molecule has 7 nitrogen and oxygen atoms in total. The summed E-state index contributed by atoms with van der Waals surface area (Å²) in [5.74, 6) is -1.11. The standard InChI is InChI=1S/C23H41NO6/c1-6-10-17(20(27)30-22(3,4)5)16-23(12-8-9-13-23)21(28)24-18(11-14-25)15-19(26)29-7-2/h17-18,25H,6-16H2,1-5H3,(H,24,28)/t17-,18-/m1/s1. The zero-order valence-electron chi connectivity index (χ0n) is 19.4. The highest BCUT2D eigenvalue weighted by molar-refractivity contribution is 5.85. The van der Waals surface area contributed by atoms with Crippen LogP contribution < -0.4 is 5.32 Å². The number of rotatable bonds is 12. The number of esters is 2. The fourth-order valence-corrected chi connectivity index (χ4v) is 4.22. The van der Waals surface area contributed by atoms with E-state index in [0.29, 0.717) is 25.7 Å². The van der Waals surface area contributed by atoms with E-state index in [4.69, 9.17) is 9.47 Å². The number of carbonyl (C=O) groups excluding carboxylic acids is 3. The van der Waals surface area contributed by atoms with Gasteiger partial charge in [0.2, 0.25) is 5.91 Å². The number of aliphatic hydroxyl groups is 1. The minimum atomic E-state index is -0.640. The predicted molar refractivity (Wildman–Crippen MR) is 115 cm³/mol. The Morgan fingerprint density at radius 3 is 2.23 bits per heavy atom. The Balaban J connectivity index is 2.95. The highest BCUT2D eigenvalue weighted by Gasteiger charge is 2.45. The summed E-state index contributed by atoms with van der Waals surface area (Å²) in [6, 6.07) is -0.481. The molecular formula is C23H41NO6. The van der Waals surface area contributed by atoms with Crippen LogP contribution in [-0.4, -0.2) is 47.8 Å². The largest absolute Gasteiger partial charge is 0.466 e. The van der Waals surface area contributed by atoms with Crippen LogP contribution in [0.3, 0.4) is 0 Å². The molecule has 174 valence electrons. The monoisotopic (exact) mass is 427 g/mol. The van der Waals surface area contributed by atoms with Gasteiger partial charge in [-0.1, -0.05) is 26.2 Å². The third-order valence-electron chi connectivity index (χ3n) is 5.59. The van der Waals surface area contributed by atoms with E-state index in [0.717, 1.165) is 19.3 Å². The van der Waals surface area contributed by atoms with Gasteiger partial charge in [0, 0.05) is 12.6 Å². The summed E-state index contributed by atoms with van der Waals surface area (Å²) in [7, 11) is 0. The van der Waals surface area contributed by atoms with E-state index in [9.17, 15) is 19.5 Å². The molecule has 30 heavy (non-hydrogen) atoms. The Hall–Kier alpha value is -1.63. The number of aliphatic hydroxyl groups excluding tert-OH is 1. The van der Waals surface area contributed by atoms with Crippen molar-refractivity contribution in [2.24, 2.45) is 11.3 Å². The van der Waals surface area contributed by atoms with Gasteiger partial charge in [0.1, 0.15) is 5.60 Å². The maximum atomic E-state index is 13.3. The summed E-state index contributed by atoms with van der Waals surface area (Å²) in [5.41, 5.74) is -1.21. The summed E-state index contributed by atoms with van der Waals surface area (Å²) >= 11 is 0. The van der Waals surface area contributed by atoms with Gasteiger partial charge in [-0.05, 0) is 59.8 Å². The van der Waals surface area contributed by atoms with E-state index in [-0.39, 0.29) is 43.8 Å². The first-order valence-electron chi connectivity index (χ1n) is 11.4. The fraction of sp³-hybridized carbons (Fsp3) is 0.870. The first-order chi connectivity index (χ1) is 14.1. The van der Waals surface area contributed by atoms with Crippen molar-refractivity contribution in [2.75, 3.05) is 13.2 Å². The molecule has 0 aromatic carbocycles. The van der Waals surface area contributed by atoms with Crippen molar-refractivity contribution in [1.82, 2.24) is 5.32 Å². The maximum Gasteiger partial charge on any atom is 0.309 e. The molecule has 0 spiro atoms. The van der Waals surface area contributed by atoms with Crippen LogP contribution in [-0.2, 0) is 23.9 Å². The topological polar surface area (TPSA) is 102 Å². The van der Waals surface area contributed by atoms with Crippen LogP contribution in [0, 0.1) is 11.3 Å². The lowest BCUT2D eigenvalue weighted by molar-refractivity contribution is -0.162. The number of nitrogens with one attached hydrogen (secondary N) is 1. The second kappa shape index (κ2) is 12.3. The molecular weight excluding hydrogens is 386 g/mol. The average molecular weight is 428 g/mol. The van der Waals surface area contributed by atoms with Crippen molar-refractivity contribution in [3.05, 3.63) is 0 Å². The van der Waals surface area contributed by atoms with Crippen LogP contribution in [0.5, 0.6) is 0 Å². The first kappa shape index (κ1) is 26.4. The molecule has 0 aliphatic heterocycles. The Morgan fingerprint density at radius 2 is 1.73 bits per heavy atom. The molecule has 0 aromatic rings. The van der Waals surface area contributed by atoms with Crippen molar-refractivity contribution in [1.29, 1.82) is 0 Å². The van der Waals surface area contributed by atoms with E-state index in [2.05, 4.69) is 5.32 Å². The van der Waals surface area contributed by atoms with Crippen molar-refractivity contribution in [3.63, 3.8) is 0 Å². The quantitative estimate of drug-likeness (QED) is 0.462. The Bertz CT molecular complexity index is 563. The number of hydrogen-bond acceptors (Lipinski definition) is 6. The molecule has 1 fully saturated rings. The number of hydrogen-bond donors (Lipinski definition) is 2. The maximum absolute atomic E-state index is 13.3. The summed E-state index contributed by atoms with van der Waals surface area (Å²) in [6.07, 6.45) is 5.56. The second-order valence-corrected chi connectivity index (χ2v) is 9.40. The van der Waals surface area contributed by atoms with Crippen molar-refractivity contribution >= 4 is 17.8 Å². The van der Waals surface area contributed by atoms with Gasteiger partial charge in [0.15, 0.2) is 0 Å². The molecule has 1 rings (SSSR count). The fourth-order valence-electron chi connectivity index (χ4n) is 4.22. The first-order valence-corrected chi connectivity index (χ1v) is 11.4. The van der Waals surface area contributed by atoms with Crippen LogP contribution in [0.25, 0.3) is 0 Å². The zero-order valence-corrected chi connectivity index (χ0v) is 19.4. The van der Waals surface area contributed by atoms with Gasteiger partial charge in [-0.25, -0.2) is 0 Å². The molecule has 1 amide bonds. The van der Waals surface area contributed by atoms with Gasteiger partial charge in [-0.15, -0.1) is 0 Å². The average Bonchev–Trinajstić information content (AvgIpc) is 3.10. The zero-order chi connectivity index (χ0) is 22.8. The van der Waals surface area contributed by atoms with E-state index in [1.807, 2.05) is 27.7 Å². The van der Waals surface area contributed by atoms with Gasteiger partial charge in [-0.3, -0.25) is 14.4 Å². The number of carbonyl (C=O) groups is 3. The predicted octanol–water partition coefficient (Wildman–Crippen LogP) is 3.52. The molecule has 0 unspecified atom stereocenters. The van der Waals surface area contributed by atoms with E-state index < -0.39 is 23.0 Å². The summed E-state index contributed by atoms with van der Waals surface area (Å²) < 4.78 is 10.6. The number of amides is 1. The van der Waals surface area contributed by atoms with Crippen LogP contribution in [0.1, 0.15) is 92.4 Å². The van der Waals surface area contributed by atoms with Gasteiger partial charge in [0.05, 0.1) is 24.4 Å². The molecule has 7 heteroatoms. The van der Waals surface area contributed by atoms with Gasteiger partial charge in [-0.2, -0.15) is 0 Å². The molecule has 0 aromatic heterocycles. The molecule has 1 saturated carbocycles. The molecule has 0 heterocycles. The Kier molecular flexibility index (Phi) is 10.8. The molecule has 2 atom stereocenters. The van der Waals surface area contributed by atoms with E-state index in [1.165, 1.54) is 0 Å². The number of ether oxygens (including phenoxy) is 2. The SMILES string of the molecule is CCC[C@H](CC1(C(=O)N[C@H](CCO)CC(=O)OCC)CCCC1)C(=O)OC(C)(C)C. The highest BCUT2D eigenvalue weighted by atomic mass is 16.6. The summed E-state index contributed by atoms with van der Waals surface area (Å²) in [5, 5.41) is 12.3. The van der Waals surface area contributed by atoms with Crippen LogP contribution in [0.4, 0.5) is 0 Å². The minimum absolute atomic E-state index is 0.0284. The summed E-state index contributed by atoms with van der Waals surface area (Å²) in [6.45, 7) is 9.44. The second-order valence-electron chi connectivity index (χ2n) is 9.40. The van der Waals surface area contributed by atoms with Crippen molar-refractivity contribution < 1.29 is 29.0 Å². The van der Waals surface area contributed by atoms with E-state index in [1.54, 1.807) is 6.92 Å². The molecule has 1 aliphatic carbocycles. The van der Waals surface area contributed by atoms with Gasteiger partial charge < -0.3 is 19.9 Å².